The van der Waals surface area contributed by atoms with Gasteiger partial charge in [-0.1, -0.05) is 39.5 Å². The molecule has 78 valence electrons. The molecule has 0 amide bonds. The van der Waals surface area contributed by atoms with Gasteiger partial charge < -0.3 is 5.32 Å². The average molecular weight is 183 g/mol. The second kappa shape index (κ2) is 6.42. The van der Waals surface area contributed by atoms with Crippen LogP contribution >= 0.6 is 0 Å². The van der Waals surface area contributed by atoms with Gasteiger partial charge in [-0.2, -0.15) is 0 Å². The topological polar surface area (TPSA) is 12.0 Å². The smallest absolute Gasteiger partial charge is 0.00931 e. The molecule has 0 spiro atoms. The SMILES string of the molecule is CCCCCCC(C)C1CCCN1. The Morgan fingerprint density at radius 2 is 2.15 bits per heavy atom. The Morgan fingerprint density at radius 1 is 1.31 bits per heavy atom. The predicted molar refractivity (Wildman–Crippen MR) is 58.9 cm³/mol. The molecule has 1 N–H and O–H groups in total. The molecule has 0 aromatic carbocycles. The number of rotatable bonds is 6. The van der Waals surface area contributed by atoms with Gasteiger partial charge in [0.1, 0.15) is 0 Å². The highest BCUT2D eigenvalue weighted by atomic mass is 14.9. The van der Waals surface area contributed by atoms with Crippen molar-refractivity contribution in [2.24, 2.45) is 5.92 Å². The fraction of sp³-hybridized carbons (Fsp3) is 1.00. The molecule has 1 aliphatic rings. The molecule has 0 saturated carbocycles. The first-order valence-corrected chi connectivity index (χ1v) is 6.08. The second-order valence-corrected chi connectivity index (χ2v) is 4.53. The van der Waals surface area contributed by atoms with Crippen molar-refractivity contribution in [3.05, 3.63) is 0 Å². The summed E-state index contributed by atoms with van der Waals surface area (Å²) in [7, 11) is 0. The molecule has 1 nitrogen and oxygen atoms in total. The van der Waals surface area contributed by atoms with Crippen LogP contribution in [-0.2, 0) is 0 Å². The summed E-state index contributed by atoms with van der Waals surface area (Å²) >= 11 is 0. The summed E-state index contributed by atoms with van der Waals surface area (Å²) in [5.41, 5.74) is 0. The van der Waals surface area contributed by atoms with E-state index in [-0.39, 0.29) is 0 Å². The van der Waals surface area contributed by atoms with Crippen LogP contribution in [0.25, 0.3) is 0 Å². The molecule has 0 radical (unpaired) electrons. The van der Waals surface area contributed by atoms with E-state index < -0.39 is 0 Å². The van der Waals surface area contributed by atoms with Crippen molar-refractivity contribution in [2.45, 2.75) is 64.8 Å². The van der Waals surface area contributed by atoms with Crippen LogP contribution in [-0.4, -0.2) is 12.6 Å². The van der Waals surface area contributed by atoms with Gasteiger partial charge in [0.25, 0.3) is 0 Å². The molecular formula is C12H25N. The molecule has 1 saturated heterocycles. The van der Waals surface area contributed by atoms with E-state index in [1.807, 2.05) is 0 Å². The summed E-state index contributed by atoms with van der Waals surface area (Å²) in [5.74, 6) is 0.902. The van der Waals surface area contributed by atoms with E-state index in [2.05, 4.69) is 19.2 Å². The van der Waals surface area contributed by atoms with E-state index in [9.17, 15) is 0 Å². The van der Waals surface area contributed by atoms with E-state index in [4.69, 9.17) is 0 Å². The zero-order chi connectivity index (χ0) is 9.52. The molecule has 1 aliphatic heterocycles. The lowest BCUT2D eigenvalue weighted by molar-refractivity contribution is 0.380. The van der Waals surface area contributed by atoms with Crippen molar-refractivity contribution < 1.29 is 0 Å². The van der Waals surface area contributed by atoms with Crippen LogP contribution in [0.4, 0.5) is 0 Å². The summed E-state index contributed by atoms with van der Waals surface area (Å²) in [4.78, 5) is 0. The fourth-order valence-electron chi connectivity index (χ4n) is 2.29. The summed E-state index contributed by atoms with van der Waals surface area (Å²) in [6.07, 6.45) is 9.89. The van der Waals surface area contributed by atoms with Gasteiger partial charge in [-0.05, 0) is 31.7 Å². The monoisotopic (exact) mass is 183 g/mol. The van der Waals surface area contributed by atoms with Crippen LogP contribution in [0.2, 0.25) is 0 Å². The Labute approximate surface area is 83.3 Å². The van der Waals surface area contributed by atoms with E-state index in [1.165, 1.54) is 51.5 Å². The minimum absolute atomic E-state index is 0.835. The molecule has 1 heterocycles. The average Bonchev–Trinajstić information content (AvgIpc) is 2.65. The molecule has 0 bridgehead atoms. The molecule has 0 aromatic heterocycles. The van der Waals surface area contributed by atoms with Gasteiger partial charge in [0, 0.05) is 6.04 Å². The van der Waals surface area contributed by atoms with Gasteiger partial charge >= 0.3 is 0 Å². The second-order valence-electron chi connectivity index (χ2n) is 4.53. The first-order valence-electron chi connectivity index (χ1n) is 6.08. The van der Waals surface area contributed by atoms with Gasteiger partial charge in [-0.15, -0.1) is 0 Å². The van der Waals surface area contributed by atoms with Crippen molar-refractivity contribution in [1.82, 2.24) is 5.32 Å². The molecular weight excluding hydrogens is 158 g/mol. The van der Waals surface area contributed by atoms with Crippen LogP contribution < -0.4 is 5.32 Å². The van der Waals surface area contributed by atoms with Crippen molar-refractivity contribution >= 4 is 0 Å². The van der Waals surface area contributed by atoms with Gasteiger partial charge in [0.05, 0.1) is 0 Å². The van der Waals surface area contributed by atoms with E-state index >= 15 is 0 Å². The molecule has 13 heavy (non-hydrogen) atoms. The Kier molecular flexibility index (Phi) is 5.45. The quantitative estimate of drug-likeness (QED) is 0.623. The highest BCUT2D eigenvalue weighted by Crippen LogP contribution is 2.20. The summed E-state index contributed by atoms with van der Waals surface area (Å²) in [6, 6.07) is 0.835. The summed E-state index contributed by atoms with van der Waals surface area (Å²) < 4.78 is 0. The maximum Gasteiger partial charge on any atom is 0.00931 e. The minimum Gasteiger partial charge on any atom is -0.314 e. The first-order chi connectivity index (χ1) is 6.34. The molecule has 1 rings (SSSR count). The molecule has 1 heteroatoms. The van der Waals surface area contributed by atoms with Crippen LogP contribution in [0.1, 0.15) is 58.8 Å². The number of nitrogens with one attached hydrogen (secondary N) is 1. The van der Waals surface area contributed by atoms with Gasteiger partial charge in [-0.25, -0.2) is 0 Å². The predicted octanol–water partition coefficient (Wildman–Crippen LogP) is 3.34. The molecule has 0 aromatic rings. The van der Waals surface area contributed by atoms with Crippen LogP contribution in [0, 0.1) is 5.92 Å². The third-order valence-electron chi connectivity index (χ3n) is 3.30. The van der Waals surface area contributed by atoms with Crippen LogP contribution in [0.5, 0.6) is 0 Å². The van der Waals surface area contributed by atoms with Gasteiger partial charge in [0.15, 0.2) is 0 Å². The third kappa shape index (κ3) is 4.12. The molecule has 2 unspecified atom stereocenters. The Morgan fingerprint density at radius 3 is 2.77 bits per heavy atom. The van der Waals surface area contributed by atoms with Gasteiger partial charge in [0.2, 0.25) is 0 Å². The van der Waals surface area contributed by atoms with E-state index in [0.29, 0.717) is 0 Å². The minimum atomic E-state index is 0.835. The molecule has 1 fully saturated rings. The largest absolute Gasteiger partial charge is 0.314 e. The standard InChI is InChI=1S/C12H25N/c1-3-4-5-6-8-11(2)12-9-7-10-13-12/h11-13H,3-10H2,1-2H3. The van der Waals surface area contributed by atoms with Crippen LogP contribution in [0.3, 0.4) is 0 Å². The zero-order valence-electron chi connectivity index (χ0n) is 9.31. The number of hydrogen-bond acceptors (Lipinski definition) is 1. The summed E-state index contributed by atoms with van der Waals surface area (Å²) in [5, 5.41) is 3.60. The van der Waals surface area contributed by atoms with Crippen molar-refractivity contribution in [3.63, 3.8) is 0 Å². The van der Waals surface area contributed by atoms with Crippen LogP contribution in [0.15, 0.2) is 0 Å². The summed E-state index contributed by atoms with van der Waals surface area (Å²) in [6.45, 7) is 5.95. The molecule has 0 aliphatic carbocycles. The Hall–Kier alpha value is -0.0400. The highest BCUT2D eigenvalue weighted by molar-refractivity contribution is 4.78. The Balaban J connectivity index is 1.99. The van der Waals surface area contributed by atoms with Crippen molar-refractivity contribution in [1.29, 1.82) is 0 Å². The maximum absolute atomic E-state index is 3.60. The Bertz CT molecular complexity index is 116. The lowest BCUT2D eigenvalue weighted by Gasteiger charge is -2.18. The van der Waals surface area contributed by atoms with Gasteiger partial charge in [-0.3, -0.25) is 0 Å². The fourth-order valence-corrected chi connectivity index (χ4v) is 2.29. The normalized spacial score (nSPS) is 24.9. The lowest BCUT2D eigenvalue weighted by Crippen LogP contribution is -2.28. The first kappa shape index (κ1) is 11.0. The van der Waals surface area contributed by atoms with E-state index in [1.54, 1.807) is 0 Å². The van der Waals surface area contributed by atoms with Crippen molar-refractivity contribution in [3.8, 4) is 0 Å². The zero-order valence-corrected chi connectivity index (χ0v) is 9.31. The molecule has 2 atom stereocenters. The maximum atomic E-state index is 3.60. The van der Waals surface area contributed by atoms with E-state index in [0.717, 1.165) is 12.0 Å². The highest BCUT2D eigenvalue weighted by Gasteiger charge is 2.19. The number of unbranched alkanes of at least 4 members (excludes halogenated alkanes) is 3. The lowest BCUT2D eigenvalue weighted by atomic mass is 9.94. The third-order valence-corrected chi connectivity index (χ3v) is 3.30. The van der Waals surface area contributed by atoms with Crippen molar-refractivity contribution in [2.75, 3.05) is 6.54 Å². The number of hydrogen-bond donors (Lipinski definition) is 1.